The van der Waals surface area contributed by atoms with Gasteiger partial charge in [0.05, 0.1) is 0 Å². The zero-order chi connectivity index (χ0) is 10.1. The first-order valence-electron chi connectivity index (χ1n) is 5.18. The maximum atomic E-state index is 2.53. The highest BCUT2D eigenvalue weighted by Crippen LogP contribution is 2.37. The quantitative estimate of drug-likeness (QED) is 0.312. The van der Waals surface area contributed by atoms with Gasteiger partial charge in [-0.05, 0) is 31.7 Å². The van der Waals surface area contributed by atoms with Crippen molar-refractivity contribution in [3.63, 3.8) is 0 Å². The van der Waals surface area contributed by atoms with E-state index in [4.69, 9.17) is 0 Å². The Bertz CT molecular complexity index is 213. The summed E-state index contributed by atoms with van der Waals surface area (Å²) in [6.07, 6.45) is 2.82. The van der Waals surface area contributed by atoms with E-state index in [2.05, 4.69) is 49.2 Å². The van der Waals surface area contributed by atoms with Gasteiger partial charge in [-0.2, -0.15) is 0 Å². The van der Waals surface area contributed by atoms with Gasteiger partial charge in [0.15, 0.2) is 0 Å². The average Bonchev–Trinajstić information content (AvgIpc) is 2.30. The minimum absolute atomic E-state index is 0.867. The average molecular weight is 308 g/mol. The van der Waals surface area contributed by atoms with Crippen LogP contribution in [-0.2, 0) is 0 Å². The third kappa shape index (κ3) is 3.39. The van der Waals surface area contributed by atoms with E-state index in [1.54, 1.807) is 11.1 Å². The number of rotatable bonds is 3. The molecule has 0 nitrogen and oxygen atoms in total. The molecule has 0 heterocycles. The van der Waals surface area contributed by atoms with E-state index < -0.39 is 8.07 Å². The molecule has 0 aromatic carbocycles. The van der Waals surface area contributed by atoms with Gasteiger partial charge >= 0.3 is 0 Å². The maximum absolute atomic E-state index is 2.53. The fourth-order valence-electron chi connectivity index (χ4n) is 2.11. The highest BCUT2D eigenvalue weighted by atomic mass is 127. The molecule has 0 aliphatic heterocycles. The Balaban J connectivity index is 2.65. The van der Waals surface area contributed by atoms with E-state index in [9.17, 15) is 0 Å². The molecule has 2 heteroatoms. The molecule has 1 aliphatic carbocycles. The van der Waals surface area contributed by atoms with E-state index in [1.807, 2.05) is 0 Å². The van der Waals surface area contributed by atoms with Crippen LogP contribution in [0.25, 0.3) is 0 Å². The van der Waals surface area contributed by atoms with Crippen LogP contribution in [0.3, 0.4) is 0 Å². The van der Waals surface area contributed by atoms with Crippen molar-refractivity contribution in [2.24, 2.45) is 5.92 Å². The van der Waals surface area contributed by atoms with E-state index in [1.165, 1.54) is 23.3 Å². The zero-order valence-corrected chi connectivity index (χ0v) is 12.4. The summed E-state index contributed by atoms with van der Waals surface area (Å²) in [6.45, 7) is 9.80. The lowest BCUT2D eigenvalue weighted by Crippen LogP contribution is -2.19. The van der Waals surface area contributed by atoms with Gasteiger partial charge in [0.2, 0.25) is 0 Å². The first-order chi connectivity index (χ1) is 5.94. The second-order valence-corrected chi connectivity index (χ2v) is 11.8. The van der Waals surface area contributed by atoms with Crippen LogP contribution in [0.1, 0.15) is 19.8 Å². The molecule has 0 bridgehead atoms. The molecule has 0 saturated heterocycles. The van der Waals surface area contributed by atoms with Crippen LogP contribution in [0.4, 0.5) is 0 Å². The van der Waals surface area contributed by atoms with Gasteiger partial charge in [-0.1, -0.05) is 53.4 Å². The molecular weight excluding hydrogens is 287 g/mol. The van der Waals surface area contributed by atoms with E-state index in [-0.39, 0.29) is 0 Å². The van der Waals surface area contributed by atoms with E-state index in [0.29, 0.717) is 0 Å². The second-order valence-electron chi connectivity index (χ2n) is 5.41. The van der Waals surface area contributed by atoms with Crippen molar-refractivity contribution in [1.82, 2.24) is 0 Å². The van der Waals surface area contributed by atoms with Gasteiger partial charge < -0.3 is 0 Å². The second kappa shape index (κ2) is 4.47. The monoisotopic (exact) mass is 308 g/mol. The lowest BCUT2D eigenvalue weighted by atomic mass is 10.1. The highest BCUT2D eigenvalue weighted by molar-refractivity contribution is 14.1. The SMILES string of the molecule is CC1=C(C[Si](C)(C)C)CCC1CI. The highest BCUT2D eigenvalue weighted by Gasteiger charge is 2.24. The first-order valence-corrected chi connectivity index (χ1v) is 10.4. The van der Waals surface area contributed by atoms with Crippen molar-refractivity contribution in [3.8, 4) is 0 Å². The Morgan fingerprint density at radius 3 is 2.38 bits per heavy atom. The molecule has 1 rings (SSSR count). The van der Waals surface area contributed by atoms with Crippen molar-refractivity contribution in [3.05, 3.63) is 11.1 Å². The molecule has 0 fully saturated rings. The van der Waals surface area contributed by atoms with Crippen molar-refractivity contribution < 1.29 is 0 Å². The summed E-state index contributed by atoms with van der Waals surface area (Å²) in [6, 6.07) is 1.44. The standard InChI is InChI=1S/C11H21ISi/c1-9-10(7-12)5-6-11(9)8-13(2,3)4/h10H,5-8H2,1-4H3. The number of alkyl halides is 1. The summed E-state index contributed by atoms with van der Waals surface area (Å²) >= 11 is 2.53. The summed E-state index contributed by atoms with van der Waals surface area (Å²) in [7, 11) is -0.867. The molecule has 0 radical (unpaired) electrons. The summed E-state index contributed by atoms with van der Waals surface area (Å²) < 4.78 is 1.32. The Morgan fingerprint density at radius 1 is 1.38 bits per heavy atom. The van der Waals surface area contributed by atoms with Crippen LogP contribution in [0.2, 0.25) is 25.7 Å². The molecule has 0 amide bonds. The van der Waals surface area contributed by atoms with Crippen LogP contribution >= 0.6 is 22.6 Å². The number of halogens is 1. The largest absolute Gasteiger partial charge is 0.0857 e. The Labute approximate surface area is 97.3 Å². The Kier molecular flexibility index (Phi) is 4.04. The van der Waals surface area contributed by atoms with Crippen LogP contribution in [0, 0.1) is 5.92 Å². The predicted molar refractivity (Wildman–Crippen MR) is 72.5 cm³/mol. The molecule has 0 N–H and O–H groups in total. The summed E-state index contributed by atoms with van der Waals surface area (Å²) in [5.41, 5.74) is 3.54. The molecule has 0 saturated carbocycles. The molecule has 1 unspecified atom stereocenters. The van der Waals surface area contributed by atoms with Gasteiger partial charge in [0.25, 0.3) is 0 Å². The van der Waals surface area contributed by atoms with Crippen molar-refractivity contribution in [2.45, 2.75) is 45.5 Å². The number of hydrogen-bond donors (Lipinski definition) is 0. The van der Waals surface area contributed by atoms with Gasteiger partial charge in [-0.25, -0.2) is 0 Å². The fraction of sp³-hybridized carbons (Fsp3) is 0.818. The predicted octanol–water partition coefficient (Wildman–Crippen LogP) is 4.49. The molecular formula is C11H21ISi. The number of hydrogen-bond acceptors (Lipinski definition) is 0. The van der Waals surface area contributed by atoms with Crippen LogP contribution in [0.15, 0.2) is 11.1 Å². The normalized spacial score (nSPS) is 24.2. The Hall–Kier alpha value is 0.687. The van der Waals surface area contributed by atoms with Gasteiger partial charge in [-0.15, -0.1) is 0 Å². The minimum atomic E-state index is -0.867. The zero-order valence-electron chi connectivity index (χ0n) is 9.28. The third-order valence-electron chi connectivity index (χ3n) is 2.89. The molecule has 13 heavy (non-hydrogen) atoms. The van der Waals surface area contributed by atoms with Crippen molar-refractivity contribution in [2.75, 3.05) is 4.43 Å². The van der Waals surface area contributed by atoms with Gasteiger partial charge in [0, 0.05) is 12.5 Å². The van der Waals surface area contributed by atoms with Crippen LogP contribution < -0.4 is 0 Å². The van der Waals surface area contributed by atoms with Crippen LogP contribution in [-0.4, -0.2) is 12.5 Å². The van der Waals surface area contributed by atoms with Crippen LogP contribution in [0.5, 0.6) is 0 Å². The molecule has 1 aliphatic rings. The lowest BCUT2D eigenvalue weighted by Gasteiger charge is -2.17. The maximum Gasteiger partial charge on any atom is 0.0483 e. The fourth-order valence-corrected chi connectivity index (χ4v) is 4.95. The number of allylic oxidation sites excluding steroid dienone is 2. The molecule has 1 atom stereocenters. The molecule has 0 aromatic heterocycles. The summed E-state index contributed by atoms with van der Waals surface area (Å²) in [5, 5.41) is 0. The summed E-state index contributed by atoms with van der Waals surface area (Å²) in [4.78, 5) is 0. The first kappa shape index (κ1) is 11.8. The third-order valence-corrected chi connectivity index (χ3v) is 5.45. The van der Waals surface area contributed by atoms with E-state index in [0.717, 1.165) is 5.92 Å². The van der Waals surface area contributed by atoms with Gasteiger partial charge in [0.1, 0.15) is 0 Å². The molecule has 76 valence electrons. The van der Waals surface area contributed by atoms with Gasteiger partial charge in [-0.3, -0.25) is 0 Å². The molecule has 0 aromatic rings. The minimum Gasteiger partial charge on any atom is -0.0857 e. The smallest absolute Gasteiger partial charge is 0.0483 e. The van der Waals surface area contributed by atoms with E-state index >= 15 is 0 Å². The summed E-state index contributed by atoms with van der Waals surface area (Å²) in [5.74, 6) is 0.909. The topological polar surface area (TPSA) is 0 Å². The lowest BCUT2D eigenvalue weighted by molar-refractivity contribution is 0.688. The Morgan fingerprint density at radius 2 is 2.00 bits per heavy atom. The van der Waals surface area contributed by atoms with Crippen molar-refractivity contribution >= 4 is 30.7 Å². The molecule has 0 spiro atoms. The van der Waals surface area contributed by atoms with Crippen molar-refractivity contribution in [1.29, 1.82) is 0 Å².